The minimum atomic E-state index is -0.484. The fourth-order valence-corrected chi connectivity index (χ4v) is 4.72. The fourth-order valence-electron chi connectivity index (χ4n) is 3.32. The number of hydrogen-bond donors (Lipinski definition) is 0. The first-order chi connectivity index (χ1) is 15.5. The first kappa shape index (κ1) is 22.7. The number of esters is 1. The van der Waals surface area contributed by atoms with Gasteiger partial charge in [-0.1, -0.05) is 59.8 Å². The van der Waals surface area contributed by atoms with Crippen LogP contribution in [0, 0.1) is 0 Å². The molecule has 0 radical (unpaired) electrons. The van der Waals surface area contributed by atoms with Gasteiger partial charge in [-0.15, -0.1) is 0 Å². The molecule has 0 saturated carbocycles. The van der Waals surface area contributed by atoms with E-state index in [1.165, 1.54) is 17.8 Å². The maximum atomic E-state index is 12.7. The first-order valence-electron chi connectivity index (χ1n) is 10.1. The molecule has 8 heteroatoms. The van der Waals surface area contributed by atoms with Crippen LogP contribution in [0.15, 0.2) is 59.5 Å². The fraction of sp³-hybridized carbons (Fsp3) is 0.208. The number of amides is 1. The molecule has 1 amide bonds. The Bertz CT molecular complexity index is 1070. The maximum Gasteiger partial charge on any atom is 0.336 e. The second-order valence-corrected chi connectivity index (χ2v) is 9.41. The molecule has 1 atom stereocenters. The van der Waals surface area contributed by atoms with Crippen molar-refractivity contribution < 1.29 is 19.1 Å². The topological polar surface area (TPSA) is 55.8 Å². The number of benzene rings is 2. The summed E-state index contributed by atoms with van der Waals surface area (Å²) in [6.45, 7) is 1.24. The van der Waals surface area contributed by atoms with Gasteiger partial charge in [0, 0.05) is 17.7 Å². The van der Waals surface area contributed by atoms with E-state index in [9.17, 15) is 9.59 Å². The number of hydrogen-bond acceptors (Lipinski definition) is 6. The van der Waals surface area contributed by atoms with Crippen molar-refractivity contribution in [2.45, 2.75) is 18.9 Å². The SMILES string of the molecule is O=C(C=Cc1ccc(Cl)cc1)Oc1ccc(C=C2SC(=S)N(CC3CCCO3)C2=O)cc1. The van der Waals surface area contributed by atoms with E-state index in [-0.39, 0.29) is 12.0 Å². The third-order valence-corrected chi connectivity index (χ3v) is 6.59. The van der Waals surface area contributed by atoms with Gasteiger partial charge in [0.25, 0.3) is 5.91 Å². The number of carbonyl (C=O) groups excluding carboxylic acids is 2. The molecule has 2 saturated heterocycles. The summed E-state index contributed by atoms with van der Waals surface area (Å²) in [6, 6.07) is 14.1. The molecule has 0 aliphatic carbocycles. The molecule has 2 heterocycles. The largest absolute Gasteiger partial charge is 0.423 e. The van der Waals surface area contributed by atoms with Crippen molar-refractivity contribution in [2.24, 2.45) is 0 Å². The van der Waals surface area contributed by atoms with Crippen molar-refractivity contribution in [3.05, 3.63) is 75.7 Å². The van der Waals surface area contributed by atoms with E-state index in [2.05, 4.69) is 0 Å². The third-order valence-electron chi connectivity index (χ3n) is 4.96. The van der Waals surface area contributed by atoms with Crippen molar-refractivity contribution >= 4 is 63.9 Å². The highest BCUT2D eigenvalue weighted by molar-refractivity contribution is 8.26. The summed E-state index contributed by atoms with van der Waals surface area (Å²) in [7, 11) is 0. The molecule has 2 aromatic carbocycles. The second-order valence-electron chi connectivity index (χ2n) is 7.30. The summed E-state index contributed by atoms with van der Waals surface area (Å²) < 4.78 is 11.5. The van der Waals surface area contributed by atoms with Crippen LogP contribution in [0.4, 0.5) is 0 Å². The lowest BCUT2D eigenvalue weighted by molar-refractivity contribution is -0.129. The Labute approximate surface area is 201 Å². The minimum absolute atomic E-state index is 0.0551. The molecule has 164 valence electrons. The van der Waals surface area contributed by atoms with Crippen LogP contribution in [0.1, 0.15) is 24.0 Å². The van der Waals surface area contributed by atoms with Crippen molar-refractivity contribution in [1.82, 2.24) is 4.90 Å². The molecule has 0 N–H and O–H groups in total. The van der Waals surface area contributed by atoms with E-state index >= 15 is 0 Å². The lowest BCUT2D eigenvalue weighted by Crippen LogP contribution is -2.35. The molecular weight excluding hydrogens is 466 g/mol. The van der Waals surface area contributed by atoms with E-state index < -0.39 is 5.97 Å². The van der Waals surface area contributed by atoms with Crippen LogP contribution in [-0.4, -0.2) is 40.4 Å². The molecule has 5 nitrogen and oxygen atoms in total. The van der Waals surface area contributed by atoms with E-state index in [0.29, 0.717) is 26.5 Å². The number of ether oxygens (including phenoxy) is 2. The van der Waals surface area contributed by atoms with Gasteiger partial charge in [-0.05, 0) is 60.4 Å². The van der Waals surface area contributed by atoms with Gasteiger partial charge in [0.1, 0.15) is 10.1 Å². The molecule has 1 unspecified atom stereocenters. The zero-order valence-corrected chi connectivity index (χ0v) is 19.4. The minimum Gasteiger partial charge on any atom is -0.423 e. The summed E-state index contributed by atoms with van der Waals surface area (Å²) in [5.74, 6) is -0.167. The van der Waals surface area contributed by atoms with Crippen molar-refractivity contribution in [2.75, 3.05) is 13.2 Å². The van der Waals surface area contributed by atoms with Crippen LogP contribution in [0.3, 0.4) is 0 Å². The van der Waals surface area contributed by atoms with Gasteiger partial charge in [-0.2, -0.15) is 0 Å². The quantitative estimate of drug-likeness (QED) is 0.238. The van der Waals surface area contributed by atoms with Crippen molar-refractivity contribution in [3.63, 3.8) is 0 Å². The predicted octanol–water partition coefficient (Wildman–Crippen LogP) is 5.34. The van der Waals surface area contributed by atoms with E-state index in [4.69, 9.17) is 33.3 Å². The van der Waals surface area contributed by atoms with Gasteiger partial charge in [0.15, 0.2) is 0 Å². The molecule has 2 fully saturated rings. The summed E-state index contributed by atoms with van der Waals surface area (Å²) in [4.78, 5) is 27.0. The molecule has 2 aliphatic rings. The van der Waals surface area contributed by atoms with Crippen LogP contribution in [-0.2, 0) is 14.3 Å². The van der Waals surface area contributed by atoms with Gasteiger partial charge in [0.2, 0.25) is 0 Å². The summed E-state index contributed by atoms with van der Waals surface area (Å²) >= 11 is 12.5. The average molecular weight is 486 g/mol. The molecule has 32 heavy (non-hydrogen) atoms. The summed E-state index contributed by atoms with van der Waals surface area (Å²) in [6.07, 6.45) is 6.83. The number of nitrogens with zero attached hydrogens (tertiary/aromatic N) is 1. The van der Waals surface area contributed by atoms with Crippen LogP contribution in [0.2, 0.25) is 5.02 Å². The highest BCUT2D eigenvalue weighted by Gasteiger charge is 2.34. The zero-order valence-electron chi connectivity index (χ0n) is 17.0. The van der Waals surface area contributed by atoms with Gasteiger partial charge >= 0.3 is 5.97 Å². The standard InChI is InChI=1S/C24H20ClNO4S2/c25-18-8-3-16(4-9-18)7-12-22(27)30-19-10-5-17(6-11-19)14-21-23(28)26(24(31)32-21)15-20-2-1-13-29-20/h3-12,14,20H,1-2,13,15H2. The molecule has 4 rings (SSSR count). The zero-order chi connectivity index (χ0) is 22.5. The number of thiocarbonyl (C=S) groups is 1. The number of halogens is 1. The highest BCUT2D eigenvalue weighted by Crippen LogP contribution is 2.33. The number of carbonyl (C=O) groups is 2. The Kier molecular flexibility index (Phi) is 7.42. The number of rotatable bonds is 6. The lowest BCUT2D eigenvalue weighted by Gasteiger charge is -2.18. The summed E-state index contributed by atoms with van der Waals surface area (Å²) in [5.41, 5.74) is 1.66. The maximum absolute atomic E-state index is 12.7. The Morgan fingerprint density at radius 2 is 1.91 bits per heavy atom. The first-order valence-corrected chi connectivity index (χ1v) is 11.7. The molecule has 0 spiro atoms. The highest BCUT2D eigenvalue weighted by atomic mass is 35.5. The predicted molar refractivity (Wildman–Crippen MR) is 131 cm³/mol. The average Bonchev–Trinajstić information content (AvgIpc) is 3.39. The Morgan fingerprint density at radius 1 is 1.19 bits per heavy atom. The molecule has 0 bridgehead atoms. The molecule has 2 aromatic rings. The summed E-state index contributed by atoms with van der Waals surface area (Å²) in [5, 5.41) is 0.634. The van der Waals surface area contributed by atoms with Crippen LogP contribution in [0.5, 0.6) is 5.75 Å². The Balaban J connectivity index is 1.35. The molecule has 2 aliphatic heterocycles. The van der Waals surface area contributed by atoms with Crippen LogP contribution < -0.4 is 4.74 Å². The van der Waals surface area contributed by atoms with Gasteiger partial charge in [-0.3, -0.25) is 9.69 Å². The van der Waals surface area contributed by atoms with Crippen LogP contribution >= 0.6 is 35.6 Å². The normalized spacial score (nSPS) is 20.0. The molecule has 0 aromatic heterocycles. The second kappa shape index (κ2) is 10.4. The van der Waals surface area contributed by atoms with E-state index in [1.807, 2.05) is 12.1 Å². The van der Waals surface area contributed by atoms with E-state index in [1.54, 1.807) is 53.5 Å². The monoisotopic (exact) mass is 485 g/mol. The van der Waals surface area contributed by atoms with Gasteiger partial charge in [-0.25, -0.2) is 4.79 Å². The smallest absolute Gasteiger partial charge is 0.336 e. The Morgan fingerprint density at radius 3 is 2.59 bits per heavy atom. The van der Waals surface area contributed by atoms with Crippen molar-refractivity contribution in [3.8, 4) is 5.75 Å². The molecular formula is C24H20ClNO4S2. The number of thioether (sulfide) groups is 1. The van der Waals surface area contributed by atoms with Crippen LogP contribution in [0.25, 0.3) is 12.2 Å². The van der Waals surface area contributed by atoms with E-state index in [0.717, 1.165) is 30.6 Å². The Hall–Kier alpha value is -2.45. The third kappa shape index (κ3) is 5.86. The van der Waals surface area contributed by atoms with Crippen molar-refractivity contribution in [1.29, 1.82) is 0 Å². The van der Waals surface area contributed by atoms with Gasteiger partial charge in [0.05, 0.1) is 17.6 Å². The lowest BCUT2D eigenvalue weighted by atomic mass is 10.2. The van der Waals surface area contributed by atoms with Gasteiger partial charge < -0.3 is 9.47 Å².